The van der Waals surface area contributed by atoms with Crippen molar-refractivity contribution in [2.24, 2.45) is 0 Å². The van der Waals surface area contributed by atoms with E-state index in [0.717, 1.165) is 5.56 Å². The Kier molecular flexibility index (Phi) is 2.69. The van der Waals surface area contributed by atoms with Gasteiger partial charge in [0.15, 0.2) is 0 Å². The van der Waals surface area contributed by atoms with Crippen LogP contribution in [0.4, 0.5) is 4.39 Å². The summed E-state index contributed by atoms with van der Waals surface area (Å²) in [5.41, 5.74) is 1.53. The first kappa shape index (κ1) is 9.73. The topological polar surface area (TPSA) is 46.0 Å². The highest BCUT2D eigenvalue weighted by Gasteiger charge is 2.05. The third-order valence-corrected chi connectivity index (χ3v) is 2.04. The van der Waals surface area contributed by atoms with Crippen molar-refractivity contribution in [3.63, 3.8) is 0 Å². The normalized spacial score (nSPS) is 10.3. The van der Waals surface area contributed by atoms with Crippen LogP contribution >= 0.6 is 0 Å². The summed E-state index contributed by atoms with van der Waals surface area (Å²) < 4.78 is 13.1. The lowest BCUT2D eigenvalue weighted by atomic mass is 10.1. The van der Waals surface area contributed by atoms with E-state index in [1.807, 2.05) is 0 Å². The molecule has 0 saturated carbocycles. The van der Waals surface area contributed by atoms with Gasteiger partial charge >= 0.3 is 0 Å². The first-order valence-corrected chi connectivity index (χ1v) is 4.48. The van der Waals surface area contributed by atoms with E-state index in [1.165, 1.54) is 6.07 Å². The largest absolute Gasteiger partial charge is 0.390 e. The maximum absolute atomic E-state index is 13.1. The number of aliphatic hydroxyl groups is 1. The quantitative estimate of drug-likeness (QED) is 0.810. The highest BCUT2D eigenvalue weighted by molar-refractivity contribution is 5.58. The van der Waals surface area contributed by atoms with Crippen LogP contribution in [-0.2, 0) is 6.61 Å². The van der Waals surface area contributed by atoms with Crippen LogP contribution in [0.25, 0.3) is 11.3 Å². The average molecular weight is 204 g/mol. The smallest absolute Gasteiger partial charge is 0.147 e. The molecule has 2 rings (SSSR count). The Morgan fingerprint density at radius 3 is 2.53 bits per heavy atom. The fraction of sp³-hybridized carbons (Fsp3) is 0.0909. The van der Waals surface area contributed by atoms with E-state index in [0.29, 0.717) is 5.69 Å². The van der Waals surface area contributed by atoms with E-state index in [2.05, 4.69) is 9.97 Å². The monoisotopic (exact) mass is 204 g/mol. The fourth-order valence-corrected chi connectivity index (χ4v) is 1.28. The number of rotatable bonds is 2. The molecule has 0 fully saturated rings. The van der Waals surface area contributed by atoms with Crippen molar-refractivity contribution in [3.8, 4) is 11.3 Å². The number of halogens is 1. The van der Waals surface area contributed by atoms with Crippen molar-refractivity contribution in [2.45, 2.75) is 6.61 Å². The third kappa shape index (κ3) is 1.99. The standard InChI is InChI=1S/C11H9FN2O/c12-9-1-2-10(14-11(9)7-15)8-3-5-13-6-4-8/h1-6,15H,7H2. The van der Waals surface area contributed by atoms with Gasteiger partial charge in [0, 0.05) is 18.0 Å². The predicted molar refractivity (Wildman–Crippen MR) is 53.3 cm³/mol. The number of hydrogen-bond acceptors (Lipinski definition) is 3. The average Bonchev–Trinajstić information content (AvgIpc) is 2.31. The molecule has 0 saturated heterocycles. The molecule has 2 aromatic rings. The molecule has 3 nitrogen and oxygen atoms in total. The maximum Gasteiger partial charge on any atom is 0.147 e. The Hall–Kier alpha value is -1.81. The number of aliphatic hydroxyl groups excluding tert-OH is 1. The number of aromatic nitrogens is 2. The lowest BCUT2D eigenvalue weighted by molar-refractivity contribution is 0.270. The van der Waals surface area contributed by atoms with Crippen LogP contribution in [0.5, 0.6) is 0 Å². The Morgan fingerprint density at radius 1 is 1.13 bits per heavy atom. The summed E-state index contributed by atoms with van der Waals surface area (Å²) in [5.74, 6) is -0.490. The van der Waals surface area contributed by atoms with Gasteiger partial charge in [-0.05, 0) is 24.3 Å². The van der Waals surface area contributed by atoms with Gasteiger partial charge in [-0.1, -0.05) is 0 Å². The maximum atomic E-state index is 13.1. The molecule has 0 radical (unpaired) electrons. The van der Waals surface area contributed by atoms with Gasteiger partial charge < -0.3 is 5.11 Å². The first-order chi connectivity index (χ1) is 7.31. The zero-order valence-corrected chi connectivity index (χ0v) is 7.89. The van der Waals surface area contributed by atoms with Crippen molar-refractivity contribution < 1.29 is 9.50 Å². The van der Waals surface area contributed by atoms with Crippen molar-refractivity contribution >= 4 is 0 Å². The minimum absolute atomic E-state index is 0.0595. The summed E-state index contributed by atoms with van der Waals surface area (Å²) >= 11 is 0. The molecule has 0 atom stereocenters. The van der Waals surface area contributed by atoms with E-state index in [4.69, 9.17) is 5.11 Å². The van der Waals surface area contributed by atoms with Crippen LogP contribution in [0.3, 0.4) is 0 Å². The van der Waals surface area contributed by atoms with Gasteiger partial charge in [0.05, 0.1) is 12.3 Å². The molecule has 15 heavy (non-hydrogen) atoms. The Labute approximate surface area is 86.3 Å². The van der Waals surface area contributed by atoms with Gasteiger partial charge in [0.1, 0.15) is 11.5 Å². The highest BCUT2D eigenvalue weighted by atomic mass is 19.1. The van der Waals surface area contributed by atoms with Gasteiger partial charge in [0.2, 0.25) is 0 Å². The molecule has 76 valence electrons. The molecular weight excluding hydrogens is 195 g/mol. The second-order valence-electron chi connectivity index (χ2n) is 3.02. The molecule has 0 aliphatic rings. The Balaban J connectivity index is 2.46. The number of hydrogen-bond donors (Lipinski definition) is 1. The number of pyridine rings is 2. The second-order valence-corrected chi connectivity index (χ2v) is 3.02. The molecule has 2 aromatic heterocycles. The summed E-state index contributed by atoms with van der Waals surface area (Å²) in [6.45, 7) is -0.398. The van der Waals surface area contributed by atoms with Crippen LogP contribution in [0.1, 0.15) is 5.69 Å². The molecule has 0 unspecified atom stereocenters. The lowest BCUT2D eigenvalue weighted by Crippen LogP contribution is -1.96. The van der Waals surface area contributed by atoms with Crippen molar-refractivity contribution in [3.05, 3.63) is 48.2 Å². The fourth-order valence-electron chi connectivity index (χ4n) is 1.28. The molecule has 0 aliphatic carbocycles. The van der Waals surface area contributed by atoms with E-state index in [-0.39, 0.29) is 5.69 Å². The molecule has 1 N–H and O–H groups in total. The molecule has 4 heteroatoms. The molecule has 0 spiro atoms. The Morgan fingerprint density at radius 2 is 1.87 bits per heavy atom. The summed E-state index contributed by atoms with van der Waals surface area (Å²) in [7, 11) is 0. The minimum atomic E-state index is -0.490. The molecule has 2 heterocycles. The summed E-state index contributed by atoms with van der Waals surface area (Å²) in [5, 5.41) is 8.87. The van der Waals surface area contributed by atoms with E-state index in [9.17, 15) is 4.39 Å². The molecular formula is C11H9FN2O. The molecule has 0 aliphatic heterocycles. The van der Waals surface area contributed by atoms with Crippen molar-refractivity contribution in [1.29, 1.82) is 0 Å². The van der Waals surface area contributed by atoms with Gasteiger partial charge in [-0.25, -0.2) is 9.37 Å². The first-order valence-electron chi connectivity index (χ1n) is 4.48. The van der Waals surface area contributed by atoms with Crippen molar-refractivity contribution in [2.75, 3.05) is 0 Å². The van der Waals surface area contributed by atoms with Gasteiger partial charge in [-0.15, -0.1) is 0 Å². The molecule has 0 amide bonds. The SMILES string of the molecule is OCc1nc(-c2ccncc2)ccc1F. The summed E-state index contributed by atoms with van der Waals surface area (Å²) in [6, 6.07) is 6.43. The van der Waals surface area contributed by atoms with E-state index >= 15 is 0 Å². The van der Waals surface area contributed by atoms with E-state index < -0.39 is 12.4 Å². The summed E-state index contributed by atoms with van der Waals surface area (Å²) in [6.07, 6.45) is 3.28. The van der Waals surface area contributed by atoms with Crippen LogP contribution < -0.4 is 0 Å². The van der Waals surface area contributed by atoms with Crippen LogP contribution in [0.15, 0.2) is 36.7 Å². The third-order valence-electron chi connectivity index (χ3n) is 2.04. The van der Waals surface area contributed by atoms with E-state index in [1.54, 1.807) is 30.6 Å². The highest BCUT2D eigenvalue weighted by Crippen LogP contribution is 2.17. The van der Waals surface area contributed by atoms with Crippen molar-refractivity contribution in [1.82, 2.24) is 9.97 Å². The molecule has 0 aromatic carbocycles. The molecule has 0 bridgehead atoms. The van der Waals surface area contributed by atoms with Crippen LogP contribution in [0, 0.1) is 5.82 Å². The zero-order valence-electron chi connectivity index (χ0n) is 7.89. The van der Waals surface area contributed by atoms with Gasteiger partial charge in [-0.3, -0.25) is 4.98 Å². The minimum Gasteiger partial charge on any atom is -0.390 e. The zero-order chi connectivity index (χ0) is 10.7. The number of nitrogens with zero attached hydrogens (tertiary/aromatic N) is 2. The van der Waals surface area contributed by atoms with Gasteiger partial charge in [-0.2, -0.15) is 0 Å². The lowest BCUT2D eigenvalue weighted by Gasteiger charge is -2.03. The summed E-state index contributed by atoms with van der Waals surface area (Å²) in [4.78, 5) is 7.89. The van der Waals surface area contributed by atoms with Crippen LogP contribution in [-0.4, -0.2) is 15.1 Å². The Bertz CT molecular complexity index is 459. The predicted octanol–water partition coefficient (Wildman–Crippen LogP) is 1.77. The van der Waals surface area contributed by atoms with Crippen LogP contribution in [0.2, 0.25) is 0 Å². The van der Waals surface area contributed by atoms with Gasteiger partial charge in [0.25, 0.3) is 0 Å². The second kappa shape index (κ2) is 4.14.